The van der Waals surface area contributed by atoms with Gasteiger partial charge in [0.25, 0.3) is 0 Å². The van der Waals surface area contributed by atoms with Gasteiger partial charge in [0.05, 0.1) is 26.5 Å². The van der Waals surface area contributed by atoms with E-state index in [2.05, 4.69) is 25.3 Å². The number of hydrogen-bond acceptors (Lipinski definition) is 7. The zero-order valence-corrected chi connectivity index (χ0v) is 18.4. The fourth-order valence-electron chi connectivity index (χ4n) is 3.13. The van der Waals surface area contributed by atoms with Crippen LogP contribution in [0.4, 0.5) is 10.2 Å². The van der Waals surface area contributed by atoms with E-state index in [1.807, 2.05) is 19.1 Å². The molecule has 31 heavy (non-hydrogen) atoms. The number of allylic oxidation sites excluding steroid dienone is 1. The lowest BCUT2D eigenvalue weighted by Crippen LogP contribution is -2.08. The molecule has 0 amide bonds. The van der Waals surface area contributed by atoms with Crippen molar-refractivity contribution in [2.24, 2.45) is 4.99 Å². The molecule has 3 aromatic rings. The van der Waals surface area contributed by atoms with Crippen LogP contribution in [-0.2, 0) is 4.74 Å². The molecule has 8 heteroatoms. The predicted octanol–water partition coefficient (Wildman–Crippen LogP) is 4.92. The SMILES string of the molecule is CC/C=C(CNc1ncnc2c(OC)cc(-c3ncc(C)cc3F)cc12)/N=C(/C)OC. The second kappa shape index (κ2) is 9.97. The first-order chi connectivity index (χ1) is 15.0. The summed E-state index contributed by atoms with van der Waals surface area (Å²) >= 11 is 0. The van der Waals surface area contributed by atoms with Crippen molar-refractivity contribution in [2.45, 2.75) is 27.2 Å². The molecule has 0 aliphatic rings. The summed E-state index contributed by atoms with van der Waals surface area (Å²) in [5.41, 5.74) is 3.02. The zero-order chi connectivity index (χ0) is 22.4. The van der Waals surface area contributed by atoms with Gasteiger partial charge in [-0.25, -0.2) is 19.4 Å². The van der Waals surface area contributed by atoms with Crippen LogP contribution < -0.4 is 10.1 Å². The third-order valence-corrected chi connectivity index (χ3v) is 4.65. The van der Waals surface area contributed by atoms with Crippen molar-refractivity contribution in [3.63, 3.8) is 0 Å². The summed E-state index contributed by atoms with van der Waals surface area (Å²) in [6, 6.07) is 5.00. The molecule has 2 aromatic heterocycles. The summed E-state index contributed by atoms with van der Waals surface area (Å²) in [5.74, 6) is 1.27. The van der Waals surface area contributed by atoms with Crippen LogP contribution in [0.25, 0.3) is 22.2 Å². The van der Waals surface area contributed by atoms with Crippen molar-refractivity contribution in [3.05, 3.63) is 53.9 Å². The van der Waals surface area contributed by atoms with Crippen LogP contribution >= 0.6 is 0 Å². The van der Waals surface area contributed by atoms with Crippen molar-refractivity contribution in [3.8, 4) is 17.0 Å². The molecule has 7 nitrogen and oxygen atoms in total. The highest BCUT2D eigenvalue weighted by Crippen LogP contribution is 2.34. The van der Waals surface area contributed by atoms with E-state index in [0.29, 0.717) is 40.5 Å². The highest BCUT2D eigenvalue weighted by Gasteiger charge is 2.15. The molecule has 0 radical (unpaired) electrons. The van der Waals surface area contributed by atoms with Gasteiger partial charge in [0, 0.05) is 24.1 Å². The third-order valence-electron chi connectivity index (χ3n) is 4.65. The molecule has 0 saturated heterocycles. The van der Waals surface area contributed by atoms with Crippen LogP contribution in [0.3, 0.4) is 0 Å². The van der Waals surface area contributed by atoms with Crippen LogP contribution in [0.1, 0.15) is 25.8 Å². The van der Waals surface area contributed by atoms with Gasteiger partial charge in [-0.1, -0.05) is 13.0 Å². The van der Waals surface area contributed by atoms with Gasteiger partial charge in [-0.3, -0.25) is 4.98 Å². The Kier molecular flexibility index (Phi) is 7.12. The average molecular weight is 423 g/mol. The molecule has 0 atom stereocenters. The number of ether oxygens (including phenoxy) is 2. The Morgan fingerprint density at radius 3 is 2.68 bits per heavy atom. The van der Waals surface area contributed by atoms with Crippen LogP contribution in [-0.4, -0.2) is 41.6 Å². The fourth-order valence-corrected chi connectivity index (χ4v) is 3.13. The lowest BCUT2D eigenvalue weighted by Gasteiger charge is -2.13. The first-order valence-electron chi connectivity index (χ1n) is 9.94. The van der Waals surface area contributed by atoms with Gasteiger partial charge < -0.3 is 14.8 Å². The largest absolute Gasteiger partial charge is 0.494 e. The monoisotopic (exact) mass is 423 g/mol. The second-order valence-corrected chi connectivity index (χ2v) is 6.93. The highest BCUT2D eigenvalue weighted by atomic mass is 19.1. The molecule has 0 aliphatic carbocycles. The molecule has 0 unspecified atom stereocenters. The van der Waals surface area contributed by atoms with Gasteiger partial charge in [-0.2, -0.15) is 0 Å². The van der Waals surface area contributed by atoms with Gasteiger partial charge in [0.1, 0.15) is 34.9 Å². The number of benzene rings is 1. The Morgan fingerprint density at radius 1 is 1.19 bits per heavy atom. The minimum absolute atomic E-state index is 0.243. The average Bonchev–Trinajstić information content (AvgIpc) is 2.76. The first-order valence-corrected chi connectivity index (χ1v) is 9.94. The van der Waals surface area contributed by atoms with E-state index in [1.165, 1.54) is 12.4 Å². The van der Waals surface area contributed by atoms with Gasteiger partial charge in [-0.15, -0.1) is 0 Å². The molecule has 0 aliphatic heterocycles. The molecule has 0 bridgehead atoms. The summed E-state index contributed by atoms with van der Waals surface area (Å²) in [6.45, 7) is 6.07. The van der Waals surface area contributed by atoms with Crippen molar-refractivity contribution in [1.29, 1.82) is 0 Å². The summed E-state index contributed by atoms with van der Waals surface area (Å²) in [6.07, 6.45) is 5.94. The zero-order valence-electron chi connectivity index (χ0n) is 18.4. The number of pyridine rings is 1. The standard InChI is InChI=1S/C23H26FN5O2/c1-6-7-17(29-15(3)30-4)12-26-23-18-9-16(21-19(24)8-14(2)11-25-21)10-20(31-5)22(18)27-13-28-23/h7-11,13H,6,12H2,1-5H3,(H,26,27,28)/b17-7+,29-15-. The Bertz CT molecular complexity index is 1140. The van der Waals surface area contributed by atoms with E-state index < -0.39 is 5.82 Å². The number of methoxy groups -OCH3 is 2. The van der Waals surface area contributed by atoms with Gasteiger partial charge in [0.15, 0.2) is 5.90 Å². The molecule has 0 spiro atoms. The molecule has 1 aromatic carbocycles. The topological polar surface area (TPSA) is 81.5 Å². The Morgan fingerprint density at radius 2 is 2.00 bits per heavy atom. The second-order valence-electron chi connectivity index (χ2n) is 6.93. The number of aromatic nitrogens is 3. The number of nitrogens with zero attached hydrogens (tertiary/aromatic N) is 4. The molecule has 1 N–H and O–H groups in total. The van der Waals surface area contributed by atoms with E-state index in [9.17, 15) is 4.39 Å². The van der Waals surface area contributed by atoms with E-state index in [0.717, 1.165) is 17.7 Å². The number of aliphatic imine (C=N–C) groups is 1. The maximum absolute atomic E-state index is 14.6. The van der Waals surface area contributed by atoms with Crippen molar-refractivity contribution in [1.82, 2.24) is 15.0 Å². The smallest absolute Gasteiger partial charge is 0.184 e. The molecule has 0 fully saturated rings. The highest BCUT2D eigenvalue weighted by molar-refractivity contribution is 5.96. The van der Waals surface area contributed by atoms with Crippen LogP contribution in [0.15, 0.2) is 47.5 Å². The molecular formula is C23H26FN5O2. The first kappa shape index (κ1) is 22.1. The minimum Gasteiger partial charge on any atom is -0.494 e. The number of nitrogens with one attached hydrogen (secondary N) is 1. The molecule has 3 rings (SSSR count). The number of halogens is 1. The molecular weight excluding hydrogens is 397 g/mol. The normalized spacial score (nSPS) is 12.2. The van der Waals surface area contributed by atoms with E-state index in [1.54, 1.807) is 40.3 Å². The van der Waals surface area contributed by atoms with Crippen molar-refractivity contribution in [2.75, 3.05) is 26.1 Å². The number of hydrogen-bond donors (Lipinski definition) is 1. The summed E-state index contributed by atoms with van der Waals surface area (Å²) in [4.78, 5) is 17.5. The number of aryl methyl sites for hydroxylation is 1. The maximum Gasteiger partial charge on any atom is 0.184 e. The van der Waals surface area contributed by atoms with Crippen LogP contribution in [0.2, 0.25) is 0 Å². The number of fused-ring (bicyclic) bond motifs is 1. The van der Waals surface area contributed by atoms with E-state index >= 15 is 0 Å². The van der Waals surface area contributed by atoms with Crippen LogP contribution in [0.5, 0.6) is 5.75 Å². The lowest BCUT2D eigenvalue weighted by molar-refractivity contribution is 0.399. The van der Waals surface area contributed by atoms with Gasteiger partial charge in [-0.05, 0) is 37.1 Å². The van der Waals surface area contributed by atoms with Gasteiger partial charge in [0.2, 0.25) is 0 Å². The summed E-state index contributed by atoms with van der Waals surface area (Å²) < 4.78 is 25.3. The fraction of sp³-hybridized carbons (Fsp3) is 0.304. The van der Waals surface area contributed by atoms with E-state index in [-0.39, 0.29) is 5.69 Å². The predicted molar refractivity (Wildman–Crippen MR) is 121 cm³/mol. The molecule has 162 valence electrons. The number of anilines is 1. The summed E-state index contributed by atoms with van der Waals surface area (Å²) in [5, 5.41) is 4.00. The quantitative estimate of drug-likeness (QED) is 0.429. The Hall–Kier alpha value is -3.55. The molecule has 2 heterocycles. The van der Waals surface area contributed by atoms with Crippen LogP contribution in [0, 0.1) is 12.7 Å². The van der Waals surface area contributed by atoms with Crippen molar-refractivity contribution >= 4 is 22.6 Å². The summed E-state index contributed by atoms with van der Waals surface area (Å²) in [7, 11) is 3.14. The maximum atomic E-state index is 14.6. The third kappa shape index (κ3) is 5.14. The van der Waals surface area contributed by atoms with Gasteiger partial charge >= 0.3 is 0 Å². The Labute approximate surface area is 181 Å². The number of rotatable bonds is 7. The van der Waals surface area contributed by atoms with Crippen molar-refractivity contribution < 1.29 is 13.9 Å². The molecule has 0 saturated carbocycles. The minimum atomic E-state index is -0.398. The Balaban J connectivity index is 2.05. The van der Waals surface area contributed by atoms with E-state index in [4.69, 9.17) is 9.47 Å². The lowest BCUT2D eigenvalue weighted by atomic mass is 10.1.